The Bertz CT molecular complexity index is 116. The molecule has 2 aliphatic rings. The average Bonchev–Trinajstić information content (AvgIpc) is 2.37. The number of hydrogen-bond acceptors (Lipinski definition) is 0. The molecule has 2 rings (SSSR count). The maximum atomic E-state index is 12.1. The van der Waals surface area contributed by atoms with E-state index >= 15 is 0 Å². The quantitative estimate of drug-likeness (QED) is 0.491. The molecule has 0 amide bonds. The third kappa shape index (κ3) is 0.550. The van der Waals surface area contributed by atoms with Gasteiger partial charge in [-0.25, -0.2) is 8.78 Å². The zero-order valence-electron chi connectivity index (χ0n) is 4.40. The first-order valence-corrected chi connectivity index (χ1v) is 2.91. The van der Waals surface area contributed by atoms with Crippen molar-refractivity contribution in [3.8, 4) is 0 Å². The third-order valence-electron chi connectivity index (χ3n) is 1.90. The van der Waals surface area contributed by atoms with Gasteiger partial charge in [0.15, 0.2) is 0 Å². The van der Waals surface area contributed by atoms with E-state index in [1.807, 2.05) is 6.42 Å². The van der Waals surface area contributed by atoms with E-state index < -0.39 is 5.92 Å². The molecule has 1 radical (unpaired) electrons. The molecule has 0 N–H and O–H groups in total. The second-order valence-electron chi connectivity index (χ2n) is 2.71. The molecule has 0 aromatic rings. The van der Waals surface area contributed by atoms with Crippen molar-refractivity contribution in [3.63, 3.8) is 0 Å². The molecule has 45 valence electrons. The van der Waals surface area contributed by atoms with Crippen LogP contribution in [0.25, 0.3) is 0 Å². The molecule has 0 aliphatic heterocycles. The Kier molecular flexibility index (Phi) is 0.628. The van der Waals surface area contributed by atoms with Crippen molar-refractivity contribution in [1.82, 2.24) is 0 Å². The fourth-order valence-electron chi connectivity index (χ4n) is 1.11. The van der Waals surface area contributed by atoms with Gasteiger partial charge in [0.05, 0.1) is 0 Å². The minimum atomic E-state index is -2.28. The lowest BCUT2D eigenvalue weighted by Gasteiger charge is -1.89. The molecule has 0 spiro atoms. The molecule has 2 atom stereocenters. The zero-order chi connectivity index (χ0) is 5.78. The standard InChI is InChI=1S/C6H7F2/c7-6(8)3-5(6)4-1-2-4/h1,4-5H,2-3H2. The number of halogens is 2. The summed E-state index contributed by atoms with van der Waals surface area (Å²) in [5, 5.41) is 0. The monoisotopic (exact) mass is 117 g/mol. The van der Waals surface area contributed by atoms with Crippen molar-refractivity contribution in [1.29, 1.82) is 0 Å². The van der Waals surface area contributed by atoms with Crippen LogP contribution in [-0.2, 0) is 0 Å². The van der Waals surface area contributed by atoms with Crippen LogP contribution in [0, 0.1) is 18.3 Å². The topological polar surface area (TPSA) is 0 Å². The van der Waals surface area contributed by atoms with Gasteiger partial charge in [0.2, 0.25) is 0 Å². The Labute approximate surface area is 46.9 Å². The van der Waals surface area contributed by atoms with E-state index in [1.165, 1.54) is 0 Å². The smallest absolute Gasteiger partial charge is 0.207 e. The summed E-state index contributed by atoms with van der Waals surface area (Å²) in [5.41, 5.74) is 0. The summed E-state index contributed by atoms with van der Waals surface area (Å²) in [5.74, 6) is -2.26. The molecule has 2 saturated carbocycles. The van der Waals surface area contributed by atoms with Gasteiger partial charge in [-0.15, -0.1) is 0 Å². The average molecular weight is 117 g/mol. The zero-order valence-corrected chi connectivity index (χ0v) is 4.40. The summed E-state index contributed by atoms with van der Waals surface area (Å²) in [6.45, 7) is 0. The first-order valence-electron chi connectivity index (χ1n) is 2.91. The molecular weight excluding hydrogens is 110 g/mol. The van der Waals surface area contributed by atoms with Gasteiger partial charge in [-0.1, -0.05) is 0 Å². The van der Waals surface area contributed by atoms with E-state index in [4.69, 9.17) is 0 Å². The predicted octanol–water partition coefficient (Wildman–Crippen LogP) is 1.87. The van der Waals surface area contributed by atoms with Gasteiger partial charge in [0.1, 0.15) is 0 Å². The summed E-state index contributed by atoms with van der Waals surface area (Å²) in [7, 11) is 0. The molecule has 2 unspecified atom stereocenters. The van der Waals surface area contributed by atoms with E-state index in [-0.39, 0.29) is 18.3 Å². The van der Waals surface area contributed by atoms with Crippen LogP contribution < -0.4 is 0 Å². The van der Waals surface area contributed by atoms with Gasteiger partial charge in [-0.3, -0.25) is 0 Å². The number of rotatable bonds is 1. The SMILES string of the molecule is FC1(F)CC1C1[CH]C1. The summed E-state index contributed by atoms with van der Waals surface area (Å²) in [6, 6.07) is 0. The highest BCUT2D eigenvalue weighted by atomic mass is 19.3. The van der Waals surface area contributed by atoms with Crippen molar-refractivity contribution < 1.29 is 8.78 Å². The van der Waals surface area contributed by atoms with Crippen LogP contribution >= 0.6 is 0 Å². The molecular formula is C6H7F2. The van der Waals surface area contributed by atoms with Crippen LogP contribution in [0.2, 0.25) is 0 Å². The summed E-state index contributed by atoms with van der Waals surface area (Å²) in [6.07, 6.45) is 3.04. The Morgan fingerprint density at radius 2 is 2.00 bits per heavy atom. The van der Waals surface area contributed by atoms with Gasteiger partial charge in [-0.05, 0) is 18.8 Å². The van der Waals surface area contributed by atoms with Crippen LogP contribution in [0.4, 0.5) is 8.78 Å². The predicted molar refractivity (Wildman–Crippen MR) is 25.5 cm³/mol. The molecule has 0 aromatic carbocycles. The normalized spacial score (nSPS) is 42.0. The Balaban J connectivity index is 1.95. The minimum Gasteiger partial charge on any atom is -0.207 e. The Morgan fingerprint density at radius 1 is 1.50 bits per heavy atom. The summed E-state index contributed by atoms with van der Waals surface area (Å²) < 4.78 is 24.1. The van der Waals surface area contributed by atoms with Crippen molar-refractivity contribution in [2.24, 2.45) is 11.8 Å². The molecule has 0 heterocycles. The lowest BCUT2D eigenvalue weighted by atomic mass is 10.3. The maximum absolute atomic E-state index is 12.1. The fraction of sp³-hybridized carbons (Fsp3) is 0.833. The molecule has 2 fully saturated rings. The Hall–Kier alpha value is -0.140. The fourth-order valence-corrected chi connectivity index (χ4v) is 1.11. The van der Waals surface area contributed by atoms with Crippen molar-refractivity contribution in [3.05, 3.63) is 6.42 Å². The highest BCUT2D eigenvalue weighted by Crippen LogP contribution is 2.59. The largest absolute Gasteiger partial charge is 0.251 e. The molecule has 2 aliphatic carbocycles. The number of hydrogen-bond donors (Lipinski definition) is 0. The van der Waals surface area contributed by atoms with Crippen LogP contribution in [0.3, 0.4) is 0 Å². The highest BCUT2D eigenvalue weighted by Gasteiger charge is 2.62. The third-order valence-corrected chi connectivity index (χ3v) is 1.90. The molecule has 8 heavy (non-hydrogen) atoms. The van der Waals surface area contributed by atoms with Crippen LogP contribution in [-0.4, -0.2) is 5.92 Å². The number of alkyl halides is 2. The maximum Gasteiger partial charge on any atom is 0.251 e. The van der Waals surface area contributed by atoms with Crippen molar-refractivity contribution in [2.75, 3.05) is 0 Å². The summed E-state index contributed by atoms with van der Waals surface area (Å²) in [4.78, 5) is 0. The van der Waals surface area contributed by atoms with Crippen LogP contribution in [0.15, 0.2) is 0 Å². The second kappa shape index (κ2) is 1.07. The first kappa shape index (κ1) is 4.71. The molecule has 0 nitrogen and oxygen atoms in total. The van der Waals surface area contributed by atoms with Gasteiger partial charge in [0, 0.05) is 12.3 Å². The van der Waals surface area contributed by atoms with E-state index in [0.717, 1.165) is 6.42 Å². The van der Waals surface area contributed by atoms with E-state index in [1.54, 1.807) is 0 Å². The van der Waals surface area contributed by atoms with E-state index in [9.17, 15) is 8.78 Å². The second-order valence-corrected chi connectivity index (χ2v) is 2.71. The lowest BCUT2D eigenvalue weighted by Crippen LogP contribution is -1.93. The van der Waals surface area contributed by atoms with Crippen molar-refractivity contribution >= 4 is 0 Å². The van der Waals surface area contributed by atoms with Gasteiger partial charge in [0.25, 0.3) is 5.92 Å². The molecule has 2 heteroatoms. The lowest BCUT2D eigenvalue weighted by molar-refractivity contribution is 0.0952. The molecule has 0 saturated heterocycles. The summed E-state index contributed by atoms with van der Waals surface area (Å²) >= 11 is 0. The Morgan fingerprint density at radius 3 is 2.12 bits per heavy atom. The highest BCUT2D eigenvalue weighted by molar-refractivity contribution is 5.11. The minimum absolute atomic E-state index is 0.147. The van der Waals surface area contributed by atoms with Crippen LogP contribution in [0.5, 0.6) is 0 Å². The van der Waals surface area contributed by atoms with Gasteiger partial charge in [-0.2, -0.15) is 0 Å². The van der Waals surface area contributed by atoms with Gasteiger partial charge < -0.3 is 0 Å². The van der Waals surface area contributed by atoms with E-state index in [0.29, 0.717) is 0 Å². The first-order chi connectivity index (χ1) is 3.70. The van der Waals surface area contributed by atoms with Crippen molar-refractivity contribution in [2.45, 2.75) is 18.8 Å². The molecule has 0 bridgehead atoms. The van der Waals surface area contributed by atoms with Crippen LogP contribution in [0.1, 0.15) is 12.8 Å². The van der Waals surface area contributed by atoms with E-state index in [2.05, 4.69) is 0 Å². The molecule has 0 aromatic heterocycles. The van der Waals surface area contributed by atoms with Gasteiger partial charge >= 0.3 is 0 Å².